The zero-order valence-electron chi connectivity index (χ0n) is 11.8. The van der Waals surface area contributed by atoms with E-state index in [1.807, 2.05) is 26.0 Å². The molecule has 0 radical (unpaired) electrons. The highest BCUT2D eigenvalue weighted by atomic mass is 35.5. The minimum Gasteiger partial charge on any atom is -0.299 e. The van der Waals surface area contributed by atoms with E-state index in [0.29, 0.717) is 22.8 Å². The largest absolute Gasteiger partial charge is 0.299 e. The molecule has 1 aliphatic heterocycles. The first-order valence-electron chi connectivity index (χ1n) is 6.69. The summed E-state index contributed by atoms with van der Waals surface area (Å²) in [5, 5.41) is 0.427. The Kier molecular flexibility index (Phi) is 3.30. The number of Topliss-reactive ketones (excluding diaryl/α,β-unsaturated/α-hetero) is 1. The van der Waals surface area contributed by atoms with E-state index in [1.54, 1.807) is 18.2 Å². The average Bonchev–Trinajstić information content (AvgIpc) is 2.64. The summed E-state index contributed by atoms with van der Waals surface area (Å²) in [6.45, 7) is 4.37. The van der Waals surface area contributed by atoms with Gasteiger partial charge in [0.15, 0.2) is 0 Å². The molecule has 4 heteroatoms. The standard InChI is InChI=1S/C17H14ClNO2/c1-10-6-11(2)8-12(7-10)9-19-15-13(16(20)17(19)21)4-3-5-14(15)18/h3-8H,9H2,1-2H3. The van der Waals surface area contributed by atoms with Crippen molar-refractivity contribution in [1.29, 1.82) is 0 Å². The Labute approximate surface area is 128 Å². The molecule has 0 saturated heterocycles. The quantitative estimate of drug-likeness (QED) is 0.793. The summed E-state index contributed by atoms with van der Waals surface area (Å²) in [6, 6.07) is 11.1. The molecule has 106 valence electrons. The number of hydrogen-bond donors (Lipinski definition) is 0. The fourth-order valence-corrected chi connectivity index (χ4v) is 3.08. The maximum absolute atomic E-state index is 12.2. The molecule has 1 aliphatic rings. The Morgan fingerprint density at radius 2 is 1.71 bits per heavy atom. The fraction of sp³-hybridized carbons (Fsp3) is 0.176. The van der Waals surface area contributed by atoms with Gasteiger partial charge in [-0.1, -0.05) is 47.0 Å². The summed E-state index contributed by atoms with van der Waals surface area (Å²) in [7, 11) is 0. The van der Waals surface area contributed by atoms with E-state index >= 15 is 0 Å². The van der Waals surface area contributed by atoms with Crippen molar-refractivity contribution >= 4 is 29.0 Å². The van der Waals surface area contributed by atoms with Gasteiger partial charge in [-0.3, -0.25) is 14.5 Å². The highest BCUT2D eigenvalue weighted by molar-refractivity contribution is 6.54. The molecule has 1 amide bonds. The zero-order chi connectivity index (χ0) is 15.1. The van der Waals surface area contributed by atoms with Crippen molar-refractivity contribution in [2.45, 2.75) is 20.4 Å². The molecule has 3 rings (SSSR count). The van der Waals surface area contributed by atoms with Gasteiger partial charge in [0.2, 0.25) is 0 Å². The van der Waals surface area contributed by atoms with E-state index in [1.165, 1.54) is 4.90 Å². The van der Waals surface area contributed by atoms with Crippen LogP contribution in [0.25, 0.3) is 0 Å². The number of rotatable bonds is 2. The number of hydrogen-bond acceptors (Lipinski definition) is 2. The molecule has 3 nitrogen and oxygen atoms in total. The lowest BCUT2D eigenvalue weighted by Crippen LogP contribution is -2.29. The molecule has 0 spiro atoms. The second-order valence-corrected chi connectivity index (χ2v) is 5.76. The highest BCUT2D eigenvalue weighted by Gasteiger charge is 2.37. The van der Waals surface area contributed by atoms with Crippen LogP contribution in [0.3, 0.4) is 0 Å². The number of amides is 1. The van der Waals surface area contributed by atoms with Gasteiger partial charge in [-0.2, -0.15) is 0 Å². The third kappa shape index (κ3) is 2.34. The Morgan fingerprint density at radius 3 is 2.38 bits per heavy atom. The summed E-state index contributed by atoms with van der Waals surface area (Å²) < 4.78 is 0. The van der Waals surface area contributed by atoms with Gasteiger partial charge in [0, 0.05) is 0 Å². The number of benzene rings is 2. The first kappa shape index (κ1) is 13.8. The Balaban J connectivity index is 2.04. The summed E-state index contributed by atoms with van der Waals surface area (Å²) in [6.07, 6.45) is 0. The molecule has 0 aliphatic carbocycles. The number of fused-ring (bicyclic) bond motifs is 1. The van der Waals surface area contributed by atoms with Gasteiger partial charge in [-0.05, 0) is 31.5 Å². The van der Waals surface area contributed by atoms with Gasteiger partial charge in [-0.15, -0.1) is 0 Å². The van der Waals surface area contributed by atoms with Crippen LogP contribution in [0.1, 0.15) is 27.0 Å². The van der Waals surface area contributed by atoms with Crippen molar-refractivity contribution in [3.8, 4) is 0 Å². The Hall–Kier alpha value is -2.13. The smallest absolute Gasteiger partial charge is 0.299 e. The predicted molar refractivity (Wildman–Crippen MR) is 82.9 cm³/mol. The molecule has 0 bridgehead atoms. The van der Waals surface area contributed by atoms with Crippen LogP contribution in [0.4, 0.5) is 5.69 Å². The number of anilines is 1. The van der Waals surface area contributed by atoms with Crippen molar-refractivity contribution < 1.29 is 9.59 Å². The first-order valence-corrected chi connectivity index (χ1v) is 7.07. The summed E-state index contributed by atoms with van der Waals surface area (Å²) in [4.78, 5) is 25.7. The van der Waals surface area contributed by atoms with Gasteiger partial charge in [0.25, 0.3) is 11.7 Å². The minimum atomic E-state index is -0.516. The van der Waals surface area contributed by atoms with E-state index < -0.39 is 11.7 Å². The van der Waals surface area contributed by atoms with Gasteiger partial charge in [0.1, 0.15) is 0 Å². The van der Waals surface area contributed by atoms with E-state index in [0.717, 1.165) is 16.7 Å². The van der Waals surface area contributed by atoms with Crippen molar-refractivity contribution in [3.05, 3.63) is 63.7 Å². The minimum absolute atomic E-state index is 0.351. The van der Waals surface area contributed by atoms with Gasteiger partial charge in [0.05, 0.1) is 22.8 Å². The molecule has 2 aromatic rings. The third-order valence-electron chi connectivity index (χ3n) is 3.56. The van der Waals surface area contributed by atoms with Crippen molar-refractivity contribution in [1.82, 2.24) is 0 Å². The number of nitrogens with zero attached hydrogens (tertiary/aromatic N) is 1. The van der Waals surface area contributed by atoms with E-state index in [-0.39, 0.29) is 0 Å². The third-order valence-corrected chi connectivity index (χ3v) is 3.87. The average molecular weight is 300 g/mol. The van der Waals surface area contributed by atoms with Crippen molar-refractivity contribution in [2.75, 3.05) is 4.90 Å². The molecule has 1 heterocycles. The van der Waals surface area contributed by atoms with E-state index in [2.05, 4.69) is 6.07 Å². The number of para-hydroxylation sites is 1. The number of carbonyl (C=O) groups is 2. The molecule has 0 unspecified atom stereocenters. The molecule has 0 N–H and O–H groups in total. The summed E-state index contributed by atoms with van der Waals surface area (Å²) in [5.41, 5.74) is 4.15. The van der Waals surface area contributed by atoms with Gasteiger partial charge >= 0.3 is 0 Å². The number of halogens is 1. The van der Waals surface area contributed by atoms with Crippen LogP contribution < -0.4 is 4.90 Å². The van der Waals surface area contributed by atoms with Crippen LogP contribution >= 0.6 is 11.6 Å². The van der Waals surface area contributed by atoms with Crippen LogP contribution in [0.5, 0.6) is 0 Å². The second-order valence-electron chi connectivity index (χ2n) is 5.35. The SMILES string of the molecule is Cc1cc(C)cc(CN2C(=O)C(=O)c3cccc(Cl)c32)c1. The first-order chi connectivity index (χ1) is 9.97. The van der Waals surface area contributed by atoms with Crippen LogP contribution in [0, 0.1) is 13.8 Å². The lowest BCUT2D eigenvalue weighted by molar-refractivity contribution is -0.114. The van der Waals surface area contributed by atoms with Gasteiger partial charge < -0.3 is 0 Å². The number of ketones is 1. The zero-order valence-corrected chi connectivity index (χ0v) is 12.6. The Morgan fingerprint density at radius 1 is 1.05 bits per heavy atom. The fourth-order valence-electron chi connectivity index (χ4n) is 2.81. The number of carbonyl (C=O) groups excluding carboxylic acids is 2. The molecule has 0 saturated carbocycles. The normalized spacial score (nSPS) is 13.8. The molecule has 2 aromatic carbocycles. The summed E-state index contributed by atoms with van der Waals surface area (Å²) >= 11 is 6.18. The van der Waals surface area contributed by atoms with Crippen LogP contribution in [0.2, 0.25) is 5.02 Å². The predicted octanol–water partition coefficient (Wildman–Crippen LogP) is 3.69. The van der Waals surface area contributed by atoms with E-state index in [4.69, 9.17) is 11.6 Å². The molecule has 21 heavy (non-hydrogen) atoms. The topological polar surface area (TPSA) is 37.4 Å². The van der Waals surface area contributed by atoms with Gasteiger partial charge in [-0.25, -0.2) is 0 Å². The number of aryl methyl sites for hydroxylation is 2. The Bertz CT molecular complexity index is 747. The van der Waals surface area contributed by atoms with Crippen LogP contribution in [-0.2, 0) is 11.3 Å². The van der Waals surface area contributed by atoms with Crippen molar-refractivity contribution in [3.63, 3.8) is 0 Å². The van der Waals surface area contributed by atoms with Crippen molar-refractivity contribution in [2.24, 2.45) is 0 Å². The molecular formula is C17H14ClNO2. The molecule has 0 aromatic heterocycles. The lowest BCUT2D eigenvalue weighted by atomic mass is 10.1. The monoisotopic (exact) mass is 299 g/mol. The summed E-state index contributed by atoms with van der Waals surface area (Å²) in [5.74, 6) is -1.01. The highest BCUT2D eigenvalue weighted by Crippen LogP contribution is 2.36. The maximum atomic E-state index is 12.2. The van der Waals surface area contributed by atoms with Crippen LogP contribution in [-0.4, -0.2) is 11.7 Å². The molecular weight excluding hydrogens is 286 g/mol. The maximum Gasteiger partial charge on any atom is 0.299 e. The van der Waals surface area contributed by atoms with Crippen LogP contribution in [0.15, 0.2) is 36.4 Å². The van der Waals surface area contributed by atoms with E-state index in [9.17, 15) is 9.59 Å². The molecule has 0 fully saturated rings. The lowest BCUT2D eigenvalue weighted by Gasteiger charge is -2.18. The second kappa shape index (κ2) is 5.01. The molecule has 0 atom stereocenters.